The molecule has 0 radical (unpaired) electrons. The third kappa shape index (κ3) is 2.40. The van der Waals surface area contributed by atoms with Crippen molar-refractivity contribution in [2.45, 2.75) is 32.2 Å². The molecule has 0 fully saturated rings. The Morgan fingerprint density at radius 2 is 2.12 bits per heavy atom. The summed E-state index contributed by atoms with van der Waals surface area (Å²) in [6.07, 6.45) is 3.55. The Morgan fingerprint density at radius 1 is 1.41 bits per heavy atom. The fourth-order valence-corrected chi connectivity index (χ4v) is 2.63. The smallest absolute Gasteiger partial charge is 0.116 e. The Bertz CT molecular complexity index is 507. The SMILES string of the molecule is Cn1cncc1C(N)c1nc(C(C)(C)C)cs1. The maximum Gasteiger partial charge on any atom is 0.116 e. The van der Waals surface area contributed by atoms with Crippen molar-refractivity contribution in [1.29, 1.82) is 0 Å². The largest absolute Gasteiger partial charge is 0.336 e. The Kier molecular flexibility index (Phi) is 3.05. The van der Waals surface area contributed by atoms with Gasteiger partial charge in [0.25, 0.3) is 0 Å². The molecule has 2 aromatic rings. The van der Waals surface area contributed by atoms with Gasteiger partial charge in [0.2, 0.25) is 0 Å². The van der Waals surface area contributed by atoms with Gasteiger partial charge in [-0.15, -0.1) is 11.3 Å². The van der Waals surface area contributed by atoms with Crippen LogP contribution >= 0.6 is 11.3 Å². The maximum atomic E-state index is 6.21. The van der Waals surface area contributed by atoms with E-state index < -0.39 is 0 Å². The molecule has 0 saturated heterocycles. The number of rotatable bonds is 2. The van der Waals surface area contributed by atoms with Crippen LogP contribution in [0.3, 0.4) is 0 Å². The Labute approximate surface area is 106 Å². The van der Waals surface area contributed by atoms with Gasteiger partial charge in [-0.25, -0.2) is 9.97 Å². The Morgan fingerprint density at radius 3 is 2.59 bits per heavy atom. The summed E-state index contributed by atoms with van der Waals surface area (Å²) in [7, 11) is 1.94. The first kappa shape index (κ1) is 12.3. The van der Waals surface area contributed by atoms with Crippen LogP contribution < -0.4 is 5.73 Å². The number of aryl methyl sites for hydroxylation is 1. The van der Waals surface area contributed by atoms with Crippen LogP contribution in [0.1, 0.15) is 43.2 Å². The van der Waals surface area contributed by atoms with Crippen molar-refractivity contribution in [3.05, 3.63) is 34.3 Å². The third-order valence-electron chi connectivity index (χ3n) is 2.73. The lowest BCUT2D eigenvalue weighted by Gasteiger charge is -2.15. The van der Waals surface area contributed by atoms with Gasteiger partial charge in [0.05, 0.1) is 30.0 Å². The van der Waals surface area contributed by atoms with Crippen molar-refractivity contribution in [2.24, 2.45) is 12.8 Å². The van der Waals surface area contributed by atoms with E-state index in [1.165, 1.54) is 0 Å². The van der Waals surface area contributed by atoms with E-state index in [0.29, 0.717) is 0 Å². The Balaban J connectivity index is 2.30. The number of nitrogens with zero attached hydrogens (tertiary/aromatic N) is 3. The molecule has 1 unspecified atom stereocenters. The highest BCUT2D eigenvalue weighted by atomic mass is 32.1. The fourth-order valence-electron chi connectivity index (χ4n) is 1.57. The van der Waals surface area contributed by atoms with E-state index in [0.717, 1.165) is 16.4 Å². The van der Waals surface area contributed by atoms with E-state index in [-0.39, 0.29) is 11.5 Å². The molecule has 0 spiro atoms. The van der Waals surface area contributed by atoms with Gasteiger partial charge in [-0.2, -0.15) is 0 Å². The molecule has 17 heavy (non-hydrogen) atoms. The average molecular weight is 250 g/mol. The molecule has 2 aromatic heterocycles. The zero-order chi connectivity index (χ0) is 12.6. The van der Waals surface area contributed by atoms with Crippen LogP contribution in [-0.2, 0) is 12.5 Å². The van der Waals surface area contributed by atoms with Gasteiger partial charge in [0.15, 0.2) is 0 Å². The predicted molar refractivity (Wildman–Crippen MR) is 70.1 cm³/mol. The van der Waals surface area contributed by atoms with Gasteiger partial charge in [-0.1, -0.05) is 20.8 Å². The lowest BCUT2D eigenvalue weighted by atomic mass is 9.93. The van der Waals surface area contributed by atoms with Gasteiger partial charge >= 0.3 is 0 Å². The first-order valence-corrected chi connectivity index (χ1v) is 6.45. The third-order valence-corrected chi connectivity index (χ3v) is 3.66. The number of aromatic nitrogens is 3. The van der Waals surface area contributed by atoms with Gasteiger partial charge in [0.1, 0.15) is 5.01 Å². The van der Waals surface area contributed by atoms with Gasteiger partial charge < -0.3 is 10.3 Å². The summed E-state index contributed by atoms with van der Waals surface area (Å²) >= 11 is 1.61. The van der Waals surface area contributed by atoms with Crippen molar-refractivity contribution in [1.82, 2.24) is 14.5 Å². The monoisotopic (exact) mass is 250 g/mol. The van der Waals surface area contributed by atoms with Crippen molar-refractivity contribution in [2.75, 3.05) is 0 Å². The lowest BCUT2D eigenvalue weighted by molar-refractivity contribution is 0.568. The molecular weight excluding hydrogens is 232 g/mol. The second-order valence-electron chi connectivity index (χ2n) is 5.23. The van der Waals surface area contributed by atoms with Crippen molar-refractivity contribution in [3.63, 3.8) is 0 Å². The van der Waals surface area contributed by atoms with Crippen LogP contribution in [0.15, 0.2) is 17.9 Å². The molecule has 2 heterocycles. The number of nitrogens with two attached hydrogens (primary N) is 1. The highest BCUT2D eigenvalue weighted by Gasteiger charge is 2.21. The highest BCUT2D eigenvalue weighted by molar-refractivity contribution is 7.09. The second kappa shape index (κ2) is 4.23. The summed E-state index contributed by atoms with van der Waals surface area (Å²) in [5.74, 6) is 0. The standard InChI is InChI=1S/C12H18N4S/c1-12(2,3)9-6-17-11(15-9)10(13)8-5-14-7-16(8)4/h5-7,10H,13H2,1-4H3. The minimum Gasteiger partial charge on any atom is -0.336 e. The molecule has 0 aliphatic heterocycles. The summed E-state index contributed by atoms with van der Waals surface area (Å²) in [5, 5.41) is 3.03. The molecule has 2 rings (SSSR count). The zero-order valence-electron chi connectivity index (χ0n) is 10.6. The number of imidazole rings is 1. The normalized spacial score (nSPS) is 13.9. The fraction of sp³-hybridized carbons (Fsp3) is 0.500. The van der Waals surface area contributed by atoms with E-state index in [9.17, 15) is 0 Å². The number of hydrogen-bond acceptors (Lipinski definition) is 4. The quantitative estimate of drug-likeness (QED) is 0.889. The van der Waals surface area contributed by atoms with Crippen LogP contribution in [0.2, 0.25) is 0 Å². The highest BCUT2D eigenvalue weighted by Crippen LogP contribution is 2.28. The zero-order valence-corrected chi connectivity index (χ0v) is 11.5. The molecule has 0 aliphatic rings. The van der Waals surface area contributed by atoms with Crippen LogP contribution in [0.25, 0.3) is 0 Å². The maximum absolute atomic E-state index is 6.21. The van der Waals surface area contributed by atoms with Gasteiger partial charge in [-0.05, 0) is 0 Å². The first-order valence-electron chi connectivity index (χ1n) is 5.57. The minimum absolute atomic E-state index is 0.0704. The molecule has 4 nitrogen and oxygen atoms in total. The first-order chi connectivity index (χ1) is 7.89. The summed E-state index contributed by atoms with van der Waals surface area (Å²) in [5.41, 5.74) is 8.35. The summed E-state index contributed by atoms with van der Waals surface area (Å²) < 4.78 is 1.93. The van der Waals surface area contributed by atoms with E-state index in [1.807, 2.05) is 11.6 Å². The number of hydrogen-bond donors (Lipinski definition) is 1. The molecule has 0 aliphatic carbocycles. The van der Waals surface area contributed by atoms with Crippen molar-refractivity contribution >= 4 is 11.3 Å². The summed E-state index contributed by atoms with van der Waals surface area (Å²) in [4.78, 5) is 8.71. The molecule has 92 valence electrons. The summed E-state index contributed by atoms with van der Waals surface area (Å²) in [6, 6.07) is -0.191. The second-order valence-corrected chi connectivity index (χ2v) is 6.12. The van der Waals surface area contributed by atoms with Crippen LogP contribution in [0.4, 0.5) is 0 Å². The molecule has 1 atom stereocenters. The molecule has 0 amide bonds. The van der Waals surface area contributed by atoms with Gasteiger partial charge in [-0.3, -0.25) is 0 Å². The van der Waals surface area contributed by atoms with E-state index >= 15 is 0 Å². The predicted octanol–water partition coefficient (Wildman–Crippen LogP) is 2.22. The van der Waals surface area contributed by atoms with E-state index in [2.05, 4.69) is 36.1 Å². The minimum atomic E-state index is -0.191. The molecule has 2 N–H and O–H groups in total. The molecular formula is C12H18N4S. The molecule has 0 aromatic carbocycles. The number of thiazole rings is 1. The van der Waals surface area contributed by atoms with Crippen molar-refractivity contribution < 1.29 is 0 Å². The molecule has 0 saturated carbocycles. The lowest BCUT2D eigenvalue weighted by Crippen LogP contribution is -2.16. The average Bonchev–Trinajstić information content (AvgIpc) is 2.83. The van der Waals surface area contributed by atoms with Crippen LogP contribution in [-0.4, -0.2) is 14.5 Å². The van der Waals surface area contributed by atoms with Crippen LogP contribution in [0.5, 0.6) is 0 Å². The van der Waals surface area contributed by atoms with E-state index in [4.69, 9.17) is 5.73 Å². The van der Waals surface area contributed by atoms with Gasteiger partial charge in [0, 0.05) is 17.8 Å². The summed E-state index contributed by atoms with van der Waals surface area (Å²) in [6.45, 7) is 6.46. The molecule has 5 heteroatoms. The van der Waals surface area contributed by atoms with Crippen molar-refractivity contribution in [3.8, 4) is 0 Å². The van der Waals surface area contributed by atoms with E-state index in [1.54, 1.807) is 23.9 Å². The topological polar surface area (TPSA) is 56.7 Å². The Hall–Kier alpha value is -1.20. The van der Waals surface area contributed by atoms with Crippen LogP contribution in [0, 0.1) is 0 Å². The molecule has 0 bridgehead atoms.